The Balaban J connectivity index is 2.04. The number of carbonyl (C=O) groups excluding carboxylic acids is 1. The topological polar surface area (TPSA) is 68.7 Å². The zero-order chi connectivity index (χ0) is 17.0. The summed E-state index contributed by atoms with van der Waals surface area (Å²) in [5, 5.41) is 12.6. The second-order valence-electron chi connectivity index (χ2n) is 6.65. The second-order valence-corrected chi connectivity index (χ2v) is 6.65. The summed E-state index contributed by atoms with van der Waals surface area (Å²) in [6.45, 7) is 5.59. The van der Waals surface area contributed by atoms with Crippen molar-refractivity contribution in [3.63, 3.8) is 0 Å². The molecule has 1 saturated heterocycles. The van der Waals surface area contributed by atoms with Gasteiger partial charge in [-0.25, -0.2) is 9.78 Å². The van der Waals surface area contributed by atoms with Crippen LogP contribution in [0.15, 0.2) is 12.1 Å². The maximum absolute atomic E-state index is 12.5. The number of anilines is 2. The van der Waals surface area contributed by atoms with Gasteiger partial charge in [0.2, 0.25) is 0 Å². The lowest BCUT2D eigenvalue weighted by Crippen LogP contribution is -2.46. The number of rotatable bonds is 4. The highest BCUT2D eigenvalue weighted by molar-refractivity contribution is 5.92. The van der Waals surface area contributed by atoms with Crippen LogP contribution in [0.4, 0.5) is 16.3 Å². The van der Waals surface area contributed by atoms with Crippen LogP contribution >= 0.6 is 0 Å². The number of hydrogen-bond acceptors (Lipinski definition) is 4. The molecule has 0 aliphatic carbocycles. The van der Waals surface area contributed by atoms with E-state index in [2.05, 4.69) is 17.2 Å². The van der Waals surface area contributed by atoms with Crippen molar-refractivity contribution < 1.29 is 9.90 Å². The molecule has 2 heterocycles. The molecule has 2 N–H and O–H groups in total. The Kier molecular flexibility index (Phi) is 5.46. The Labute approximate surface area is 138 Å². The summed E-state index contributed by atoms with van der Waals surface area (Å²) >= 11 is 0. The maximum Gasteiger partial charge on any atom is 0.321 e. The summed E-state index contributed by atoms with van der Waals surface area (Å²) in [6.07, 6.45) is 2.64. The number of aliphatic hydroxyl groups is 1. The highest BCUT2D eigenvalue weighted by atomic mass is 16.3. The summed E-state index contributed by atoms with van der Waals surface area (Å²) in [5.74, 6) is 0.758. The van der Waals surface area contributed by atoms with Gasteiger partial charge in [0.15, 0.2) is 5.82 Å². The number of carbonyl (C=O) groups is 1. The number of hydrogen-bond donors (Lipinski definition) is 2. The Hall–Kier alpha value is -1.82. The minimum absolute atomic E-state index is 0.0169. The van der Waals surface area contributed by atoms with Crippen molar-refractivity contribution in [3.05, 3.63) is 17.8 Å². The van der Waals surface area contributed by atoms with E-state index in [1.165, 1.54) is 0 Å². The highest BCUT2D eigenvalue weighted by Gasteiger charge is 2.34. The first-order valence-electron chi connectivity index (χ1n) is 8.22. The molecule has 0 aromatic carbocycles. The fourth-order valence-corrected chi connectivity index (χ4v) is 2.98. The van der Waals surface area contributed by atoms with E-state index in [0.29, 0.717) is 13.1 Å². The number of piperidine rings is 1. The van der Waals surface area contributed by atoms with E-state index in [0.717, 1.165) is 36.5 Å². The number of aryl methyl sites for hydroxylation is 1. The highest BCUT2D eigenvalue weighted by Crippen LogP contribution is 2.34. The third-order valence-electron chi connectivity index (χ3n) is 4.88. The van der Waals surface area contributed by atoms with Gasteiger partial charge in [0.25, 0.3) is 0 Å². The Morgan fingerprint density at radius 3 is 2.57 bits per heavy atom. The van der Waals surface area contributed by atoms with Crippen LogP contribution in [-0.4, -0.2) is 54.8 Å². The van der Waals surface area contributed by atoms with Crippen LogP contribution in [0.25, 0.3) is 0 Å². The van der Waals surface area contributed by atoms with Gasteiger partial charge in [0, 0.05) is 39.5 Å². The molecule has 6 nitrogen and oxygen atoms in total. The van der Waals surface area contributed by atoms with Crippen molar-refractivity contribution in [1.29, 1.82) is 0 Å². The van der Waals surface area contributed by atoms with Gasteiger partial charge in [-0.1, -0.05) is 6.92 Å². The first kappa shape index (κ1) is 17.5. The van der Waals surface area contributed by atoms with Crippen molar-refractivity contribution >= 4 is 17.5 Å². The number of nitrogens with zero attached hydrogens (tertiary/aromatic N) is 3. The van der Waals surface area contributed by atoms with Crippen molar-refractivity contribution in [1.82, 2.24) is 9.88 Å². The molecule has 0 radical (unpaired) electrons. The van der Waals surface area contributed by atoms with Crippen molar-refractivity contribution in [3.8, 4) is 0 Å². The lowest BCUT2D eigenvalue weighted by Gasteiger charge is -2.40. The smallest absolute Gasteiger partial charge is 0.321 e. The maximum atomic E-state index is 12.5. The second kappa shape index (κ2) is 7.17. The van der Waals surface area contributed by atoms with Gasteiger partial charge < -0.3 is 20.2 Å². The molecule has 0 saturated carbocycles. The average Bonchev–Trinajstić information content (AvgIpc) is 2.56. The molecule has 2 amide bonds. The number of urea groups is 1. The normalized spacial score (nSPS) is 17.0. The van der Waals surface area contributed by atoms with Crippen molar-refractivity contribution in [2.24, 2.45) is 5.41 Å². The average molecular weight is 320 g/mol. The Morgan fingerprint density at radius 2 is 2.04 bits per heavy atom. The number of likely N-dealkylation sites (tertiary alicyclic amines) is 1. The van der Waals surface area contributed by atoms with Crippen LogP contribution in [0, 0.1) is 12.3 Å². The molecular formula is C17H28N4O2. The molecule has 0 unspecified atom stereocenters. The van der Waals surface area contributed by atoms with Crippen molar-refractivity contribution in [2.75, 3.05) is 44.0 Å². The monoisotopic (exact) mass is 320 g/mol. The number of aliphatic hydroxyl groups excluding tert-OH is 1. The zero-order valence-corrected chi connectivity index (χ0v) is 14.6. The van der Waals surface area contributed by atoms with Crippen LogP contribution in [0.2, 0.25) is 0 Å². The van der Waals surface area contributed by atoms with Gasteiger partial charge >= 0.3 is 6.03 Å². The van der Waals surface area contributed by atoms with E-state index < -0.39 is 0 Å². The molecule has 1 aromatic heterocycles. The lowest BCUT2D eigenvalue weighted by molar-refractivity contribution is 0.0542. The SMILES string of the molecule is CCC1(CO)CCN(C(=O)Nc2ccc(C)nc2N(C)C)CC1. The van der Waals surface area contributed by atoms with Gasteiger partial charge in [-0.15, -0.1) is 0 Å². The zero-order valence-electron chi connectivity index (χ0n) is 14.6. The quantitative estimate of drug-likeness (QED) is 0.894. The Bertz CT molecular complexity index is 546. The Morgan fingerprint density at radius 1 is 1.39 bits per heavy atom. The number of aromatic nitrogens is 1. The van der Waals surface area contributed by atoms with Gasteiger partial charge in [0.1, 0.15) is 0 Å². The standard InChI is InChI=1S/C17H28N4O2/c1-5-17(12-22)8-10-21(11-9-17)16(23)19-14-7-6-13(2)18-15(14)20(3)4/h6-7,22H,5,8-12H2,1-4H3,(H,19,23). The van der Waals surface area contributed by atoms with E-state index in [1.807, 2.05) is 43.0 Å². The molecular weight excluding hydrogens is 292 g/mol. The summed E-state index contributed by atoms with van der Waals surface area (Å²) in [7, 11) is 3.82. The van der Waals surface area contributed by atoms with E-state index in [4.69, 9.17) is 0 Å². The fraction of sp³-hybridized carbons (Fsp3) is 0.647. The molecule has 0 bridgehead atoms. The number of pyridine rings is 1. The molecule has 0 atom stereocenters. The van der Waals surface area contributed by atoms with Crippen LogP contribution in [0.5, 0.6) is 0 Å². The van der Waals surface area contributed by atoms with Crippen LogP contribution in [-0.2, 0) is 0 Å². The first-order valence-corrected chi connectivity index (χ1v) is 8.22. The van der Waals surface area contributed by atoms with E-state index >= 15 is 0 Å². The largest absolute Gasteiger partial charge is 0.396 e. The predicted molar refractivity (Wildman–Crippen MR) is 92.9 cm³/mol. The van der Waals surface area contributed by atoms with Crippen LogP contribution < -0.4 is 10.2 Å². The molecule has 1 aliphatic heterocycles. The molecule has 1 fully saturated rings. The van der Waals surface area contributed by atoms with Gasteiger partial charge in [-0.2, -0.15) is 0 Å². The number of nitrogens with one attached hydrogen (secondary N) is 1. The fourth-order valence-electron chi connectivity index (χ4n) is 2.98. The van der Waals surface area contributed by atoms with Crippen LogP contribution in [0.1, 0.15) is 31.9 Å². The van der Waals surface area contributed by atoms with E-state index in [-0.39, 0.29) is 18.1 Å². The molecule has 1 aliphatic rings. The third kappa shape index (κ3) is 3.93. The number of amides is 2. The van der Waals surface area contributed by atoms with Crippen LogP contribution in [0.3, 0.4) is 0 Å². The molecule has 23 heavy (non-hydrogen) atoms. The van der Waals surface area contributed by atoms with Gasteiger partial charge in [0.05, 0.1) is 5.69 Å². The summed E-state index contributed by atoms with van der Waals surface area (Å²) in [5.41, 5.74) is 1.62. The van der Waals surface area contributed by atoms with E-state index in [9.17, 15) is 9.90 Å². The lowest BCUT2D eigenvalue weighted by atomic mass is 9.77. The van der Waals surface area contributed by atoms with Gasteiger partial charge in [-0.3, -0.25) is 0 Å². The predicted octanol–water partition coefficient (Wildman–Crippen LogP) is 2.47. The third-order valence-corrected chi connectivity index (χ3v) is 4.88. The molecule has 2 rings (SSSR count). The summed E-state index contributed by atoms with van der Waals surface area (Å²) in [6, 6.07) is 3.69. The minimum atomic E-state index is -0.0959. The van der Waals surface area contributed by atoms with Gasteiger partial charge in [-0.05, 0) is 43.7 Å². The molecule has 128 valence electrons. The molecule has 6 heteroatoms. The molecule has 0 spiro atoms. The summed E-state index contributed by atoms with van der Waals surface area (Å²) in [4.78, 5) is 20.7. The van der Waals surface area contributed by atoms with E-state index in [1.54, 1.807) is 0 Å². The first-order chi connectivity index (χ1) is 10.9. The minimum Gasteiger partial charge on any atom is -0.396 e. The summed E-state index contributed by atoms with van der Waals surface area (Å²) < 4.78 is 0. The van der Waals surface area contributed by atoms with Crippen molar-refractivity contribution in [2.45, 2.75) is 33.1 Å². The molecule has 1 aromatic rings.